The smallest absolute Gasteiger partial charge is 0.332 e. The van der Waals surface area contributed by atoms with E-state index in [0.29, 0.717) is 0 Å². The van der Waals surface area contributed by atoms with Gasteiger partial charge < -0.3 is 15.3 Å². The lowest BCUT2D eigenvalue weighted by atomic mass is 10.2. The van der Waals surface area contributed by atoms with Crippen LogP contribution in [0, 0.1) is 0 Å². The molecule has 0 spiro atoms. The Morgan fingerprint density at radius 2 is 1.91 bits per heavy atom. The van der Waals surface area contributed by atoms with Crippen molar-refractivity contribution in [2.45, 2.75) is 12.5 Å². The zero-order valence-corrected chi connectivity index (χ0v) is 5.60. The summed E-state index contributed by atoms with van der Waals surface area (Å²) >= 11 is 0. The maximum Gasteiger partial charge on any atom is 0.332 e. The molecule has 5 nitrogen and oxygen atoms in total. The molecular weight excluding hydrogens is 152 g/mol. The molecule has 62 valence electrons. The minimum atomic E-state index is -1.52. The van der Waals surface area contributed by atoms with Crippen LogP contribution in [0.3, 0.4) is 0 Å². The van der Waals surface area contributed by atoms with E-state index in [-0.39, 0.29) is 6.42 Å². The van der Waals surface area contributed by atoms with Gasteiger partial charge in [0.2, 0.25) is 0 Å². The largest absolute Gasteiger partial charge is 0.479 e. The fourth-order valence-corrected chi connectivity index (χ4v) is 0.399. The van der Waals surface area contributed by atoms with E-state index < -0.39 is 18.0 Å². The zero-order valence-electron chi connectivity index (χ0n) is 5.60. The van der Waals surface area contributed by atoms with Crippen LogP contribution in [0.5, 0.6) is 0 Å². The number of rotatable bonds is 4. The average Bonchev–Trinajstić information content (AvgIpc) is 1.86. The van der Waals surface area contributed by atoms with E-state index in [1.54, 1.807) is 0 Å². The minimum absolute atomic E-state index is 0.193. The average molecular weight is 160 g/mol. The van der Waals surface area contributed by atoms with Gasteiger partial charge in [0, 0.05) is 12.5 Å². The van der Waals surface area contributed by atoms with E-state index in [1.807, 2.05) is 0 Å². The number of carbonyl (C=O) groups is 2. The molecule has 0 saturated heterocycles. The second-order valence-electron chi connectivity index (χ2n) is 1.83. The number of aliphatic carboxylic acids is 2. The molecule has 0 aliphatic heterocycles. The molecule has 0 bridgehead atoms. The van der Waals surface area contributed by atoms with Crippen LogP contribution in [0.1, 0.15) is 6.42 Å². The number of aliphatic hydroxyl groups is 1. The lowest BCUT2D eigenvalue weighted by molar-refractivity contribution is -0.146. The third-order valence-corrected chi connectivity index (χ3v) is 0.905. The Morgan fingerprint density at radius 1 is 1.36 bits per heavy atom. The Bertz CT molecular complexity index is 183. The van der Waals surface area contributed by atoms with Crippen LogP contribution in [-0.2, 0) is 9.59 Å². The molecule has 0 aromatic carbocycles. The Labute approximate surface area is 62.6 Å². The summed E-state index contributed by atoms with van der Waals surface area (Å²) in [5, 5.41) is 24.8. The van der Waals surface area contributed by atoms with E-state index >= 15 is 0 Å². The van der Waals surface area contributed by atoms with Crippen LogP contribution in [0.15, 0.2) is 12.2 Å². The topological polar surface area (TPSA) is 94.8 Å². The molecule has 0 heterocycles. The summed E-state index contributed by atoms with van der Waals surface area (Å²) in [5.74, 6) is -2.53. The fourth-order valence-electron chi connectivity index (χ4n) is 0.399. The third-order valence-electron chi connectivity index (χ3n) is 0.905. The number of hydrogen-bond donors (Lipinski definition) is 3. The number of hydrogen-bond acceptors (Lipinski definition) is 3. The third kappa shape index (κ3) is 5.10. The summed E-state index contributed by atoms with van der Waals surface area (Å²) in [7, 11) is 0. The molecule has 11 heavy (non-hydrogen) atoms. The van der Waals surface area contributed by atoms with Crippen molar-refractivity contribution in [1.82, 2.24) is 0 Å². The van der Waals surface area contributed by atoms with Gasteiger partial charge in [0.15, 0.2) is 6.10 Å². The zero-order chi connectivity index (χ0) is 8.85. The number of carboxylic acids is 2. The van der Waals surface area contributed by atoms with Gasteiger partial charge in [-0.05, 0) is 0 Å². The van der Waals surface area contributed by atoms with Crippen molar-refractivity contribution >= 4 is 11.9 Å². The SMILES string of the molecule is O=C(O)C=CCC(O)C(=O)O. The van der Waals surface area contributed by atoms with Crippen LogP contribution in [0.25, 0.3) is 0 Å². The van der Waals surface area contributed by atoms with Crippen molar-refractivity contribution in [3.05, 3.63) is 12.2 Å². The lowest BCUT2D eigenvalue weighted by Crippen LogP contribution is -2.18. The molecule has 0 aliphatic carbocycles. The van der Waals surface area contributed by atoms with Crippen LogP contribution in [-0.4, -0.2) is 33.4 Å². The predicted molar refractivity (Wildman–Crippen MR) is 35.0 cm³/mol. The highest BCUT2D eigenvalue weighted by molar-refractivity contribution is 5.80. The maximum absolute atomic E-state index is 9.94. The van der Waals surface area contributed by atoms with Gasteiger partial charge in [-0.3, -0.25) is 0 Å². The lowest BCUT2D eigenvalue weighted by Gasteiger charge is -1.97. The summed E-state index contributed by atoms with van der Waals surface area (Å²) in [5.41, 5.74) is 0. The van der Waals surface area contributed by atoms with Crippen molar-refractivity contribution in [3.8, 4) is 0 Å². The first-order valence-electron chi connectivity index (χ1n) is 2.84. The molecule has 0 rings (SSSR count). The van der Waals surface area contributed by atoms with Gasteiger partial charge in [-0.1, -0.05) is 6.08 Å². The molecule has 0 saturated carbocycles. The first-order chi connectivity index (χ1) is 5.04. The van der Waals surface area contributed by atoms with Gasteiger partial charge in [-0.25, -0.2) is 9.59 Å². The Hall–Kier alpha value is -1.36. The van der Waals surface area contributed by atoms with Gasteiger partial charge in [0.05, 0.1) is 0 Å². The fraction of sp³-hybridized carbons (Fsp3) is 0.333. The highest BCUT2D eigenvalue weighted by atomic mass is 16.4. The summed E-state index contributed by atoms with van der Waals surface area (Å²) in [6, 6.07) is 0. The second-order valence-corrected chi connectivity index (χ2v) is 1.83. The molecular formula is C6H8O5. The second kappa shape index (κ2) is 4.45. The van der Waals surface area contributed by atoms with Gasteiger partial charge in [-0.15, -0.1) is 0 Å². The van der Waals surface area contributed by atoms with Gasteiger partial charge in [-0.2, -0.15) is 0 Å². The summed E-state index contributed by atoms with van der Waals surface area (Å²) in [6.45, 7) is 0. The first-order valence-corrected chi connectivity index (χ1v) is 2.84. The molecule has 0 radical (unpaired) electrons. The van der Waals surface area contributed by atoms with E-state index in [4.69, 9.17) is 15.3 Å². The standard InChI is InChI=1S/C6H8O5/c7-4(6(10)11)2-1-3-5(8)9/h1,3-4,7H,2H2,(H,8,9)(H,10,11). The monoisotopic (exact) mass is 160 g/mol. The van der Waals surface area contributed by atoms with Crippen LogP contribution in [0.4, 0.5) is 0 Å². The molecule has 0 aromatic rings. The maximum atomic E-state index is 9.94. The number of aliphatic hydroxyl groups excluding tert-OH is 1. The Balaban J connectivity index is 3.70. The summed E-state index contributed by atoms with van der Waals surface area (Å²) in [4.78, 5) is 19.8. The molecule has 3 N–H and O–H groups in total. The minimum Gasteiger partial charge on any atom is -0.479 e. The Morgan fingerprint density at radius 3 is 2.27 bits per heavy atom. The van der Waals surface area contributed by atoms with E-state index in [0.717, 1.165) is 12.2 Å². The highest BCUT2D eigenvalue weighted by Crippen LogP contribution is 1.92. The first kappa shape index (κ1) is 9.64. The van der Waals surface area contributed by atoms with Gasteiger partial charge in [0.25, 0.3) is 0 Å². The molecule has 0 fully saturated rings. The molecule has 0 amide bonds. The van der Waals surface area contributed by atoms with Crippen molar-refractivity contribution in [1.29, 1.82) is 0 Å². The molecule has 0 aliphatic rings. The van der Waals surface area contributed by atoms with Crippen LogP contribution < -0.4 is 0 Å². The van der Waals surface area contributed by atoms with E-state index in [1.165, 1.54) is 0 Å². The normalized spacial score (nSPS) is 13.2. The molecule has 0 aromatic heterocycles. The molecule has 1 atom stereocenters. The van der Waals surface area contributed by atoms with E-state index in [9.17, 15) is 9.59 Å². The highest BCUT2D eigenvalue weighted by Gasteiger charge is 2.09. The van der Waals surface area contributed by atoms with E-state index in [2.05, 4.69) is 0 Å². The van der Waals surface area contributed by atoms with Crippen molar-refractivity contribution < 1.29 is 24.9 Å². The van der Waals surface area contributed by atoms with Gasteiger partial charge >= 0.3 is 11.9 Å². The van der Waals surface area contributed by atoms with Crippen LogP contribution >= 0.6 is 0 Å². The van der Waals surface area contributed by atoms with Crippen molar-refractivity contribution in [3.63, 3.8) is 0 Å². The van der Waals surface area contributed by atoms with Crippen LogP contribution in [0.2, 0.25) is 0 Å². The predicted octanol–water partition coefficient (Wildman–Crippen LogP) is -0.537. The number of carboxylic acid groups (broad SMARTS) is 2. The summed E-state index contributed by atoms with van der Waals surface area (Å²) in [6.07, 6.45) is 0.153. The summed E-state index contributed by atoms with van der Waals surface area (Å²) < 4.78 is 0. The van der Waals surface area contributed by atoms with Crippen molar-refractivity contribution in [2.24, 2.45) is 0 Å². The Kier molecular flexibility index (Phi) is 3.90. The van der Waals surface area contributed by atoms with Crippen molar-refractivity contribution in [2.75, 3.05) is 0 Å². The molecule has 1 unspecified atom stereocenters. The quantitative estimate of drug-likeness (QED) is 0.480. The molecule has 5 heteroatoms. The van der Waals surface area contributed by atoms with Gasteiger partial charge in [0.1, 0.15) is 0 Å².